The van der Waals surface area contributed by atoms with Gasteiger partial charge in [0.05, 0.1) is 5.69 Å². The summed E-state index contributed by atoms with van der Waals surface area (Å²) in [7, 11) is 0. The second-order valence-corrected chi connectivity index (χ2v) is 9.87. The molecule has 0 radical (unpaired) electrons. The maximum absolute atomic E-state index is 4.85. The average molecular weight is 540 g/mol. The van der Waals surface area contributed by atoms with Crippen molar-refractivity contribution in [2.45, 2.75) is 0 Å². The van der Waals surface area contributed by atoms with Crippen LogP contribution in [-0.2, 0) is 0 Å². The van der Waals surface area contributed by atoms with E-state index in [0.717, 1.165) is 50.2 Å². The third-order valence-corrected chi connectivity index (χ3v) is 7.09. The van der Waals surface area contributed by atoms with Gasteiger partial charge in [0, 0.05) is 52.0 Å². The Balaban J connectivity index is 1.20. The molecule has 5 heteroatoms. The number of hydrogen-bond donors (Lipinski definition) is 0. The molecule has 4 aromatic carbocycles. The van der Waals surface area contributed by atoms with Crippen molar-refractivity contribution < 1.29 is 0 Å². The molecule has 3 aromatic heterocycles. The lowest BCUT2D eigenvalue weighted by Gasteiger charge is -2.10. The van der Waals surface area contributed by atoms with Crippen molar-refractivity contribution in [3.63, 3.8) is 0 Å². The maximum Gasteiger partial charge on any atom is 0.164 e. The minimum atomic E-state index is 0.640. The summed E-state index contributed by atoms with van der Waals surface area (Å²) in [6.45, 7) is 0. The standard InChI is InChI=1S/C37H25N5/c1-3-9-27(10-4-1)35-40-36(28-11-5-2-6-12-28)42-37(41-35)29-18-16-26(17-19-29)30-13-7-14-31(23-30)34-21-20-33(25-39-34)32-15-8-22-38-24-32/h1-25H. The molecule has 0 spiro atoms. The summed E-state index contributed by atoms with van der Waals surface area (Å²) in [5.74, 6) is 1.94. The second-order valence-electron chi connectivity index (χ2n) is 9.87. The van der Waals surface area contributed by atoms with Gasteiger partial charge in [-0.25, -0.2) is 15.0 Å². The highest BCUT2D eigenvalue weighted by Crippen LogP contribution is 2.29. The Labute approximate surface area is 244 Å². The topological polar surface area (TPSA) is 64.5 Å². The third-order valence-electron chi connectivity index (χ3n) is 7.09. The number of benzene rings is 4. The highest BCUT2D eigenvalue weighted by Gasteiger charge is 2.12. The number of pyridine rings is 2. The molecule has 0 bridgehead atoms. The molecule has 0 saturated heterocycles. The monoisotopic (exact) mass is 539 g/mol. The van der Waals surface area contributed by atoms with Crippen molar-refractivity contribution in [2.75, 3.05) is 0 Å². The van der Waals surface area contributed by atoms with Gasteiger partial charge in [-0.3, -0.25) is 9.97 Å². The molecule has 3 heterocycles. The van der Waals surface area contributed by atoms with Crippen molar-refractivity contribution >= 4 is 0 Å². The molecule has 7 rings (SSSR count). The highest BCUT2D eigenvalue weighted by atomic mass is 15.0. The normalized spacial score (nSPS) is 10.9. The van der Waals surface area contributed by atoms with Crippen molar-refractivity contribution in [3.8, 4) is 67.7 Å². The van der Waals surface area contributed by atoms with Crippen molar-refractivity contribution in [1.29, 1.82) is 0 Å². The third kappa shape index (κ3) is 5.31. The first-order valence-corrected chi connectivity index (χ1v) is 13.7. The Bertz CT molecular complexity index is 1880. The fourth-order valence-corrected chi connectivity index (χ4v) is 4.88. The molecule has 0 saturated carbocycles. The Kier molecular flexibility index (Phi) is 6.81. The molecule has 0 fully saturated rings. The molecule has 198 valence electrons. The zero-order valence-corrected chi connectivity index (χ0v) is 22.7. The van der Waals surface area contributed by atoms with E-state index < -0.39 is 0 Å². The minimum Gasteiger partial charge on any atom is -0.264 e. The first-order valence-electron chi connectivity index (χ1n) is 13.7. The van der Waals surface area contributed by atoms with Gasteiger partial charge in [-0.2, -0.15) is 0 Å². The van der Waals surface area contributed by atoms with Gasteiger partial charge in [-0.1, -0.05) is 115 Å². The van der Waals surface area contributed by atoms with Crippen molar-refractivity contribution in [3.05, 3.63) is 152 Å². The minimum absolute atomic E-state index is 0.640. The largest absolute Gasteiger partial charge is 0.264 e. The van der Waals surface area contributed by atoms with Crippen LogP contribution in [0, 0.1) is 0 Å². The van der Waals surface area contributed by atoms with E-state index in [9.17, 15) is 0 Å². The molecule has 0 atom stereocenters. The number of nitrogens with zero attached hydrogens (tertiary/aromatic N) is 5. The van der Waals surface area contributed by atoms with Crippen LogP contribution in [0.4, 0.5) is 0 Å². The lowest BCUT2D eigenvalue weighted by Crippen LogP contribution is -2.00. The van der Waals surface area contributed by atoms with E-state index in [2.05, 4.69) is 65.6 Å². The van der Waals surface area contributed by atoms with Crippen LogP contribution >= 0.6 is 0 Å². The van der Waals surface area contributed by atoms with Crippen LogP contribution in [0.5, 0.6) is 0 Å². The smallest absolute Gasteiger partial charge is 0.164 e. The van der Waals surface area contributed by atoms with Crippen molar-refractivity contribution in [1.82, 2.24) is 24.9 Å². The van der Waals surface area contributed by atoms with Crippen LogP contribution in [0.3, 0.4) is 0 Å². The van der Waals surface area contributed by atoms with E-state index in [0.29, 0.717) is 17.5 Å². The quantitative estimate of drug-likeness (QED) is 0.212. The summed E-state index contributed by atoms with van der Waals surface area (Å²) in [6, 6.07) is 45.0. The van der Waals surface area contributed by atoms with Crippen LogP contribution in [0.15, 0.2) is 152 Å². The van der Waals surface area contributed by atoms with Gasteiger partial charge < -0.3 is 0 Å². The number of rotatable bonds is 6. The number of hydrogen-bond acceptors (Lipinski definition) is 5. The summed E-state index contributed by atoms with van der Waals surface area (Å²) in [5, 5.41) is 0. The Morgan fingerprint density at radius 3 is 1.40 bits per heavy atom. The maximum atomic E-state index is 4.85. The van der Waals surface area contributed by atoms with Gasteiger partial charge in [0.25, 0.3) is 0 Å². The predicted octanol–water partition coefficient (Wildman–Crippen LogP) is 8.66. The van der Waals surface area contributed by atoms with E-state index in [1.807, 2.05) is 85.2 Å². The van der Waals surface area contributed by atoms with Crippen LogP contribution in [0.25, 0.3) is 67.7 Å². The number of aromatic nitrogens is 5. The molecule has 0 N–H and O–H groups in total. The van der Waals surface area contributed by atoms with Gasteiger partial charge in [-0.05, 0) is 29.3 Å². The molecular formula is C37H25N5. The molecule has 0 aliphatic carbocycles. The molecule has 5 nitrogen and oxygen atoms in total. The van der Waals surface area contributed by atoms with Gasteiger partial charge in [0.1, 0.15) is 0 Å². The first kappa shape index (κ1) is 25.2. The summed E-state index contributed by atoms with van der Waals surface area (Å²) < 4.78 is 0. The average Bonchev–Trinajstić information content (AvgIpc) is 3.09. The Morgan fingerprint density at radius 1 is 0.333 bits per heavy atom. The molecule has 0 aliphatic rings. The van der Waals surface area contributed by atoms with Crippen molar-refractivity contribution in [2.24, 2.45) is 0 Å². The molecular weight excluding hydrogens is 514 g/mol. The van der Waals surface area contributed by atoms with Gasteiger partial charge in [-0.15, -0.1) is 0 Å². The van der Waals surface area contributed by atoms with E-state index in [1.165, 1.54) is 0 Å². The van der Waals surface area contributed by atoms with Crippen LogP contribution in [-0.4, -0.2) is 24.9 Å². The van der Waals surface area contributed by atoms with Crippen LogP contribution < -0.4 is 0 Å². The molecule has 7 aromatic rings. The lowest BCUT2D eigenvalue weighted by atomic mass is 10.00. The first-order chi connectivity index (χ1) is 20.8. The fourth-order valence-electron chi connectivity index (χ4n) is 4.88. The summed E-state index contributed by atoms with van der Waals surface area (Å²) >= 11 is 0. The molecule has 0 unspecified atom stereocenters. The SMILES string of the molecule is c1ccc(-c2nc(-c3ccccc3)nc(-c3ccc(-c4cccc(-c5ccc(-c6cccnc6)cn5)c4)cc3)n2)cc1. The van der Waals surface area contributed by atoms with E-state index in [1.54, 1.807) is 6.20 Å². The van der Waals surface area contributed by atoms with Gasteiger partial charge in [0.15, 0.2) is 17.5 Å². The molecule has 0 amide bonds. The Morgan fingerprint density at radius 2 is 0.833 bits per heavy atom. The zero-order chi connectivity index (χ0) is 28.1. The van der Waals surface area contributed by atoms with Gasteiger partial charge >= 0.3 is 0 Å². The Hall–Kier alpha value is -5.81. The fraction of sp³-hybridized carbons (Fsp3) is 0. The van der Waals surface area contributed by atoms with E-state index in [4.69, 9.17) is 19.9 Å². The van der Waals surface area contributed by atoms with Gasteiger partial charge in [0.2, 0.25) is 0 Å². The lowest BCUT2D eigenvalue weighted by molar-refractivity contribution is 1.07. The van der Waals surface area contributed by atoms with E-state index in [-0.39, 0.29) is 0 Å². The zero-order valence-electron chi connectivity index (χ0n) is 22.7. The summed E-state index contributed by atoms with van der Waals surface area (Å²) in [5.41, 5.74) is 9.14. The molecule has 42 heavy (non-hydrogen) atoms. The summed E-state index contributed by atoms with van der Waals surface area (Å²) in [4.78, 5) is 23.4. The second kappa shape index (κ2) is 11.4. The van der Waals surface area contributed by atoms with E-state index >= 15 is 0 Å². The van der Waals surface area contributed by atoms with Crippen LogP contribution in [0.2, 0.25) is 0 Å². The van der Waals surface area contributed by atoms with Crippen LogP contribution in [0.1, 0.15) is 0 Å². The molecule has 0 aliphatic heterocycles. The highest BCUT2D eigenvalue weighted by molar-refractivity contribution is 5.75. The predicted molar refractivity (Wildman–Crippen MR) is 168 cm³/mol. The summed E-state index contributed by atoms with van der Waals surface area (Å²) in [6.07, 6.45) is 5.52.